The van der Waals surface area contributed by atoms with E-state index < -0.39 is 0 Å². The number of aromatic amines is 1. The number of H-pyrrole nitrogens is 1. The summed E-state index contributed by atoms with van der Waals surface area (Å²) in [4.78, 5) is 18.2. The lowest BCUT2D eigenvalue weighted by Crippen LogP contribution is -2.21. The summed E-state index contributed by atoms with van der Waals surface area (Å²) in [6.45, 7) is 0. The predicted molar refractivity (Wildman–Crippen MR) is 43.0 cm³/mol. The molecule has 5 heteroatoms. The van der Waals surface area contributed by atoms with Gasteiger partial charge >= 0.3 is 0 Å². The summed E-state index contributed by atoms with van der Waals surface area (Å²) < 4.78 is 0.763. The number of hydroxylamine groups is 1. The maximum Gasteiger partial charge on any atom is 0.291 e. The third kappa shape index (κ3) is 2.06. The maximum absolute atomic E-state index is 11.0. The second kappa shape index (κ2) is 3.54. The van der Waals surface area contributed by atoms with Crippen LogP contribution < -0.4 is 5.48 Å². The van der Waals surface area contributed by atoms with E-state index in [1.807, 2.05) is 0 Å². The van der Waals surface area contributed by atoms with Crippen LogP contribution in [0, 0.1) is 0 Å². The summed E-state index contributed by atoms with van der Waals surface area (Å²) in [6, 6.07) is 3.39. The normalized spacial score (nSPS) is 9.64. The highest BCUT2D eigenvalue weighted by Crippen LogP contribution is 2.07. The highest BCUT2D eigenvalue weighted by atomic mass is 79.9. The summed E-state index contributed by atoms with van der Waals surface area (Å²) in [5.41, 5.74) is 2.64. The monoisotopic (exact) mass is 218 g/mol. The van der Waals surface area contributed by atoms with Crippen molar-refractivity contribution in [3.63, 3.8) is 0 Å². The molecular formula is C6H7BrN2O2. The maximum atomic E-state index is 11.0. The van der Waals surface area contributed by atoms with Crippen molar-refractivity contribution in [3.05, 3.63) is 22.4 Å². The number of hydrogen-bond acceptors (Lipinski definition) is 2. The molecule has 0 atom stereocenters. The fourth-order valence-corrected chi connectivity index (χ4v) is 0.994. The van der Waals surface area contributed by atoms with Crippen LogP contribution in [0.25, 0.3) is 0 Å². The zero-order valence-corrected chi connectivity index (χ0v) is 7.44. The molecule has 60 valence electrons. The molecule has 4 nitrogen and oxygen atoms in total. The molecule has 2 N–H and O–H groups in total. The van der Waals surface area contributed by atoms with Gasteiger partial charge in [0.15, 0.2) is 0 Å². The fourth-order valence-electron chi connectivity index (χ4n) is 0.649. The van der Waals surface area contributed by atoms with Crippen molar-refractivity contribution >= 4 is 21.8 Å². The molecule has 0 radical (unpaired) electrons. The van der Waals surface area contributed by atoms with Gasteiger partial charge in [0.25, 0.3) is 5.91 Å². The first-order chi connectivity index (χ1) is 5.24. The van der Waals surface area contributed by atoms with Crippen LogP contribution in [0.2, 0.25) is 0 Å². The predicted octanol–water partition coefficient (Wildman–Crippen LogP) is 1.07. The van der Waals surface area contributed by atoms with E-state index in [4.69, 9.17) is 0 Å². The lowest BCUT2D eigenvalue weighted by atomic mass is 10.4. The zero-order chi connectivity index (χ0) is 8.27. The number of halogens is 1. The average molecular weight is 219 g/mol. The van der Waals surface area contributed by atoms with Crippen LogP contribution in [0.15, 0.2) is 16.7 Å². The van der Waals surface area contributed by atoms with Crippen LogP contribution in [-0.2, 0) is 4.84 Å². The van der Waals surface area contributed by atoms with Gasteiger partial charge < -0.3 is 4.98 Å². The van der Waals surface area contributed by atoms with Gasteiger partial charge in [-0.1, -0.05) is 0 Å². The molecule has 1 heterocycles. The molecule has 1 aromatic heterocycles. The summed E-state index contributed by atoms with van der Waals surface area (Å²) in [6.07, 6.45) is 0. The number of hydrogen-bond donors (Lipinski definition) is 2. The molecule has 0 aliphatic heterocycles. The molecule has 1 amide bonds. The van der Waals surface area contributed by atoms with E-state index in [1.165, 1.54) is 7.11 Å². The summed E-state index contributed by atoms with van der Waals surface area (Å²) in [7, 11) is 1.38. The first-order valence-electron chi connectivity index (χ1n) is 2.92. The van der Waals surface area contributed by atoms with E-state index in [9.17, 15) is 4.79 Å². The molecular weight excluding hydrogens is 212 g/mol. The van der Waals surface area contributed by atoms with E-state index >= 15 is 0 Å². The first-order valence-corrected chi connectivity index (χ1v) is 3.71. The van der Waals surface area contributed by atoms with Gasteiger partial charge in [0.05, 0.1) is 11.7 Å². The van der Waals surface area contributed by atoms with E-state index in [1.54, 1.807) is 12.1 Å². The lowest BCUT2D eigenvalue weighted by Gasteiger charge is -1.97. The van der Waals surface area contributed by atoms with Crippen LogP contribution in [-0.4, -0.2) is 18.0 Å². The highest BCUT2D eigenvalue weighted by molar-refractivity contribution is 9.10. The topological polar surface area (TPSA) is 54.1 Å². The molecule has 0 fully saturated rings. The van der Waals surface area contributed by atoms with Crippen LogP contribution >= 0.6 is 15.9 Å². The summed E-state index contributed by atoms with van der Waals surface area (Å²) >= 11 is 3.18. The van der Waals surface area contributed by atoms with Gasteiger partial charge in [-0.25, -0.2) is 5.48 Å². The second-order valence-corrected chi connectivity index (χ2v) is 2.71. The van der Waals surface area contributed by atoms with Gasteiger partial charge in [-0.05, 0) is 28.1 Å². The van der Waals surface area contributed by atoms with Gasteiger partial charge in [-0.3, -0.25) is 9.63 Å². The minimum atomic E-state index is -0.293. The lowest BCUT2D eigenvalue weighted by molar-refractivity contribution is 0.0533. The van der Waals surface area contributed by atoms with Gasteiger partial charge in [-0.2, -0.15) is 0 Å². The number of carbonyl (C=O) groups is 1. The highest BCUT2D eigenvalue weighted by Gasteiger charge is 2.05. The first kappa shape index (κ1) is 8.29. The molecule has 0 saturated heterocycles. The van der Waals surface area contributed by atoms with Crippen molar-refractivity contribution in [2.75, 3.05) is 7.11 Å². The second-order valence-electron chi connectivity index (χ2n) is 1.86. The Morgan fingerprint density at radius 2 is 2.45 bits per heavy atom. The van der Waals surface area contributed by atoms with Crippen LogP contribution in [0.4, 0.5) is 0 Å². The van der Waals surface area contributed by atoms with E-state index in [0.29, 0.717) is 5.69 Å². The Bertz CT molecular complexity index is 259. The largest absolute Gasteiger partial charge is 0.345 e. The van der Waals surface area contributed by atoms with Crippen molar-refractivity contribution < 1.29 is 9.63 Å². The number of amides is 1. The molecule has 1 aromatic rings. The van der Waals surface area contributed by atoms with E-state index in [2.05, 4.69) is 31.2 Å². The Labute approximate surface area is 72.0 Å². The van der Waals surface area contributed by atoms with E-state index in [-0.39, 0.29) is 5.91 Å². The average Bonchev–Trinajstić information content (AvgIpc) is 2.36. The van der Waals surface area contributed by atoms with Gasteiger partial charge in [0, 0.05) is 0 Å². The Balaban J connectivity index is 2.69. The number of rotatable bonds is 2. The Hall–Kier alpha value is -0.810. The molecule has 0 unspecified atom stereocenters. The third-order valence-electron chi connectivity index (χ3n) is 1.09. The zero-order valence-electron chi connectivity index (χ0n) is 5.85. The van der Waals surface area contributed by atoms with Crippen LogP contribution in [0.3, 0.4) is 0 Å². The Kier molecular flexibility index (Phi) is 2.67. The fraction of sp³-hybridized carbons (Fsp3) is 0.167. The molecule has 0 spiro atoms. The number of aromatic nitrogens is 1. The summed E-state index contributed by atoms with van der Waals surface area (Å²) in [5.74, 6) is -0.293. The molecule has 0 aliphatic rings. The van der Waals surface area contributed by atoms with Crippen molar-refractivity contribution in [1.82, 2.24) is 10.5 Å². The van der Waals surface area contributed by atoms with Gasteiger partial charge in [0.1, 0.15) is 5.69 Å². The van der Waals surface area contributed by atoms with Crippen molar-refractivity contribution in [2.45, 2.75) is 0 Å². The van der Waals surface area contributed by atoms with E-state index in [0.717, 1.165) is 4.60 Å². The van der Waals surface area contributed by atoms with Crippen molar-refractivity contribution in [1.29, 1.82) is 0 Å². The molecule has 11 heavy (non-hydrogen) atoms. The van der Waals surface area contributed by atoms with Crippen molar-refractivity contribution in [2.24, 2.45) is 0 Å². The molecule has 0 saturated carbocycles. The Morgan fingerprint density at radius 3 is 2.91 bits per heavy atom. The smallest absolute Gasteiger partial charge is 0.291 e. The molecule has 0 aromatic carbocycles. The SMILES string of the molecule is CONC(=O)c1ccc(Br)[nH]1. The molecule has 0 bridgehead atoms. The van der Waals surface area contributed by atoms with Gasteiger partial charge in [0.2, 0.25) is 0 Å². The standard InChI is InChI=1S/C6H7BrN2O2/c1-11-9-6(10)4-2-3-5(7)8-4/h2-3,8H,1H3,(H,9,10). The Morgan fingerprint density at radius 1 is 1.73 bits per heavy atom. The molecule has 0 aliphatic carbocycles. The van der Waals surface area contributed by atoms with Crippen LogP contribution in [0.5, 0.6) is 0 Å². The minimum Gasteiger partial charge on any atom is -0.345 e. The van der Waals surface area contributed by atoms with Gasteiger partial charge in [-0.15, -0.1) is 0 Å². The minimum absolute atomic E-state index is 0.293. The van der Waals surface area contributed by atoms with Crippen molar-refractivity contribution in [3.8, 4) is 0 Å². The number of nitrogens with one attached hydrogen (secondary N) is 2. The summed E-state index contributed by atoms with van der Waals surface area (Å²) in [5, 5.41) is 0. The third-order valence-corrected chi connectivity index (χ3v) is 1.55. The molecule has 1 rings (SSSR count). The quantitative estimate of drug-likeness (QED) is 0.731. The van der Waals surface area contributed by atoms with Crippen LogP contribution in [0.1, 0.15) is 10.5 Å². The number of carbonyl (C=O) groups excluding carboxylic acids is 1.